The summed E-state index contributed by atoms with van der Waals surface area (Å²) in [6.45, 7) is 4.71. The molecule has 0 radical (unpaired) electrons. The van der Waals surface area contributed by atoms with Crippen molar-refractivity contribution in [2.75, 3.05) is 4.90 Å². The van der Waals surface area contributed by atoms with E-state index in [1.165, 1.54) is 87.6 Å². The van der Waals surface area contributed by atoms with Crippen LogP contribution in [0.3, 0.4) is 0 Å². The maximum absolute atomic E-state index is 2.42. The molecule has 0 amide bonds. The predicted octanol–water partition coefficient (Wildman–Crippen LogP) is 15.4. The molecule has 56 heavy (non-hydrogen) atoms. The molecule has 0 fully saturated rings. The van der Waals surface area contributed by atoms with E-state index >= 15 is 0 Å². The van der Waals surface area contributed by atoms with Gasteiger partial charge < -0.3 is 4.90 Å². The number of nitrogens with zero attached hydrogens (tertiary/aromatic N) is 1. The summed E-state index contributed by atoms with van der Waals surface area (Å²) in [4.78, 5) is 2.42. The molecule has 0 atom stereocenters. The maximum atomic E-state index is 2.42. The minimum Gasteiger partial charge on any atom is -0.310 e. The van der Waals surface area contributed by atoms with Crippen molar-refractivity contribution in [2.24, 2.45) is 0 Å². The van der Waals surface area contributed by atoms with Gasteiger partial charge in [-0.2, -0.15) is 0 Å². The van der Waals surface area contributed by atoms with E-state index in [4.69, 9.17) is 0 Å². The smallest absolute Gasteiger partial charge is 0.0467 e. The fraction of sp³-hybridized carbons (Fsp3) is 0.0545. The highest BCUT2D eigenvalue weighted by atomic mass is 15.1. The molecule has 0 heterocycles. The first-order chi connectivity index (χ1) is 27.5. The summed E-state index contributed by atoms with van der Waals surface area (Å²) in [5.41, 5.74) is 13.5. The molecule has 1 aliphatic carbocycles. The summed E-state index contributed by atoms with van der Waals surface area (Å²) >= 11 is 0. The quantitative estimate of drug-likeness (QED) is 0.161. The highest BCUT2D eigenvalue weighted by molar-refractivity contribution is 6.20. The highest BCUT2D eigenvalue weighted by Gasteiger charge is 2.35. The fourth-order valence-electron chi connectivity index (χ4n) is 9.29. The fourth-order valence-corrected chi connectivity index (χ4v) is 9.29. The average molecular weight is 714 g/mol. The summed E-state index contributed by atoms with van der Waals surface area (Å²) in [5.74, 6) is 0. The lowest BCUT2D eigenvalue weighted by molar-refractivity contribution is 0.660. The molecule has 0 aliphatic heterocycles. The number of hydrogen-bond donors (Lipinski definition) is 0. The highest BCUT2D eigenvalue weighted by Crippen LogP contribution is 2.51. The Bertz CT molecular complexity index is 3170. The molecule has 0 saturated carbocycles. The van der Waals surface area contributed by atoms with Crippen molar-refractivity contribution in [3.05, 3.63) is 211 Å². The van der Waals surface area contributed by atoms with Gasteiger partial charge in [0.1, 0.15) is 0 Å². The molecule has 0 bridgehead atoms. The standard InChI is InChI=1S/C55H39N/c1-55(2)52-17-8-7-16-50(52)51-31-29-47(35-53(51)55)56(46-14-9-13-41(34-46)43-22-18-36-10-3-4-12-40(36)32-43)45-27-24-37(25-28-45)42-26-30-49-44(33-42)23-21-39-20-19-38-11-5-6-15-48(38)54(39)49/h3-35H,1-2H3. The van der Waals surface area contributed by atoms with Gasteiger partial charge in [0.05, 0.1) is 0 Å². The van der Waals surface area contributed by atoms with Gasteiger partial charge in [-0.3, -0.25) is 0 Å². The van der Waals surface area contributed by atoms with Crippen LogP contribution in [-0.2, 0) is 5.41 Å². The second-order valence-electron chi connectivity index (χ2n) is 15.8. The first-order valence-corrected chi connectivity index (χ1v) is 19.6. The number of fused-ring (bicyclic) bond motifs is 9. The van der Waals surface area contributed by atoms with Crippen molar-refractivity contribution in [3.8, 4) is 33.4 Å². The molecule has 1 heteroatoms. The summed E-state index contributed by atoms with van der Waals surface area (Å²) in [6.07, 6.45) is 0. The Morgan fingerprint density at radius 1 is 0.321 bits per heavy atom. The molecular weight excluding hydrogens is 675 g/mol. The average Bonchev–Trinajstić information content (AvgIpc) is 3.48. The van der Waals surface area contributed by atoms with Crippen LogP contribution < -0.4 is 4.90 Å². The van der Waals surface area contributed by atoms with Crippen LogP contribution >= 0.6 is 0 Å². The minimum atomic E-state index is -0.0991. The van der Waals surface area contributed by atoms with Gasteiger partial charge in [-0.1, -0.05) is 166 Å². The van der Waals surface area contributed by atoms with Crippen molar-refractivity contribution in [1.29, 1.82) is 0 Å². The molecule has 11 rings (SSSR count). The molecule has 0 saturated heterocycles. The Balaban J connectivity index is 1.02. The van der Waals surface area contributed by atoms with Crippen LogP contribution in [0.2, 0.25) is 0 Å². The number of benzene rings is 10. The summed E-state index contributed by atoms with van der Waals surface area (Å²) in [7, 11) is 0. The van der Waals surface area contributed by atoms with Gasteiger partial charge >= 0.3 is 0 Å². The molecule has 0 N–H and O–H groups in total. The van der Waals surface area contributed by atoms with Crippen LogP contribution in [-0.4, -0.2) is 0 Å². The lowest BCUT2D eigenvalue weighted by Crippen LogP contribution is -2.16. The Morgan fingerprint density at radius 2 is 0.893 bits per heavy atom. The molecule has 10 aromatic rings. The van der Waals surface area contributed by atoms with Crippen molar-refractivity contribution in [3.63, 3.8) is 0 Å². The summed E-state index contributed by atoms with van der Waals surface area (Å²) < 4.78 is 0. The van der Waals surface area contributed by atoms with E-state index in [0.717, 1.165) is 17.1 Å². The molecule has 264 valence electrons. The van der Waals surface area contributed by atoms with Gasteiger partial charge in [-0.15, -0.1) is 0 Å². The predicted molar refractivity (Wildman–Crippen MR) is 240 cm³/mol. The van der Waals surface area contributed by atoms with Gasteiger partial charge in [-0.25, -0.2) is 0 Å². The largest absolute Gasteiger partial charge is 0.310 e. The molecule has 1 nitrogen and oxygen atoms in total. The van der Waals surface area contributed by atoms with Crippen LogP contribution in [0.4, 0.5) is 17.1 Å². The monoisotopic (exact) mass is 713 g/mol. The number of hydrogen-bond acceptors (Lipinski definition) is 1. The third-order valence-corrected chi connectivity index (χ3v) is 12.2. The zero-order valence-electron chi connectivity index (χ0n) is 31.5. The Kier molecular flexibility index (Phi) is 7.28. The normalized spacial score (nSPS) is 13.0. The molecular formula is C55H39N. The van der Waals surface area contributed by atoms with Crippen molar-refractivity contribution >= 4 is 60.2 Å². The topological polar surface area (TPSA) is 3.24 Å². The van der Waals surface area contributed by atoms with E-state index in [9.17, 15) is 0 Å². The first-order valence-electron chi connectivity index (χ1n) is 19.6. The first kappa shape index (κ1) is 32.5. The molecule has 10 aromatic carbocycles. The maximum Gasteiger partial charge on any atom is 0.0467 e. The number of rotatable bonds is 5. The lowest BCUT2D eigenvalue weighted by atomic mass is 9.82. The molecule has 0 spiro atoms. The van der Waals surface area contributed by atoms with E-state index in [-0.39, 0.29) is 5.41 Å². The van der Waals surface area contributed by atoms with Crippen LogP contribution in [0.1, 0.15) is 25.0 Å². The number of anilines is 3. The second-order valence-corrected chi connectivity index (χ2v) is 15.8. The van der Waals surface area contributed by atoms with Gasteiger partial charge in [0.25, 0.3) is 0 Å². The van der Waals surface area contributed by atoms with Gasteiger partial charge in [-0.05, 0) is 136 Å². The van der Waals surface area contributed by atoms with E-state index in [0.29, 0.717) is 0 Å². The van der Waals surface area contributed by atoms with Crippen LogP contribution in [0.15, 0.2) is 200 Å². The van der Waals surface area contributed by atoms with Crippen molar-refractivity contribution in [2.45, 2.75) is 19.3 Å². The van der Waals surface area contributed by atoms with E-state index < -0.39 is 0 Å². The zero-order valence-corrected chi connectivity index (χ0v) is 31.5. The van der Waals surface area contributed by atoms with E-state index in [1.54, 1.807) is 0 Å². The molecule has 1 aliphatic rings. The SMILES string of the molecule is CC1(C)c2ccccc2-c2ccc(N(c3ccc(-c4ccc5c(ccc6ccc7ccccc7c65)c4)cc3)c3cccc(-c4ccc5ccccc5c4)c3)cc21. The zero-order chi connectivity index (χ0) is 37.4. The summed E-state index contributed by atoms with van der Waals surface area (Å²) in [6, 6.07) is 74.0. The summed E-state index contributed by atoms with van der Waals surface area (Å²) in [5, 5.41) is 10.2. The van der Waals surface area contributed by atoms with Gasteiger partial charge in [0.15, 0.2) is 0 Å². The lowest BCUT2D eigenvalue weighted by Gasteiger charge is -2.28. The van der Waals surface area contributed by atoms with Crippen LogP contribution in [0.25, 0.3) is 76.5 Å². The molecule has 0 unspecified atom stereocenters. The van der Waals surface area contributed by atoms with Crippen molar-refractivity contribution in [1.82, 2.24) is 0 Å². The van der Waals surface area contributed by atoms with E-state index in [2.05, 4.69) is 219 Å². The third-order valence-electron chi connectivity index (χ3n) is 12.2. The minimum absolute atomic E-state index is 0.0991. The Morgan fingerprint density at radius 3 is 1.77 bits per heavy atom. The Hall–Kier alpha value is -6.96. The van der Waals surface area contributed by atoms with Gasteiger partial charge in [0.2, 0.25) is 0 Å². The Labute approximate surface area is 327 Å². The molecule has 0 aromatic heterocycles. The second kappa shape index (κ2) is 12.5. The van der Waals surface area contributed by atoms with Crippen molar-refractivity contribution < 1.29 is 0 Å². The third kappa shape index (κ3) is 5.16. The van der Waals surface area contributed by atoms with Crippen LogP contribution in [0, 0.1) is 0 Å². The van der Waals surface area contributed by atoms with Gasteiger partial charge in [0, 0.05) is 22.5 Å². The van der Waals surface area contributed by atoms with E-state index in [1.807, 2.05) is 0 Å². The van der Waals surface area contributed by atoms with Crippen LogP contribution in [0.5, 0.6) is 0 Å².